The molecule has 0 atom stereocenters. The molecule has 20 heavy (non-hydrogen) atoms. The molecule has 5 heteroatoms. The van der Waals surface area contributed by atoms with Crippen LogP contribution >= 0.6 is 0 Å². The van der Waals surface area contributed by atoms with Crippen LogP contribution in [0.1, 0.15) is 28.8 Å². The molecule has 0 saturated heterocycles. The molecule has 1 aromatic carbocycles. The van der Waals surface area contributed by atoms with Crippen LogP contribution in [0.5, 0.6) is 0 Å². The molecule has 1 amide bonds. The summed E-state index contributed by atoms with van der Waals surface area (Å²) in [6.45, 7) is 1.08. The van der Waals surface area contributed by atoms with E-state index < -0.39 is 5.97 Å². The number of nitrogens with zero attached hydrogens (tertiary/aromatic N) is 1. The molecule has 0 bridgehead atoms. The average molecular weight is 279 g/mol. The zero-order valence-electron chi connectivity index (χ0n) is 12.0. The topological polar surface area (TPSA) is 66.8 Å². The summed E-state index contributed by atoms with van der Waals surface area (Å²) in [7, 11) is 3.34. The lowest BCUT2D eigenvalue weighted by atomic mass is 10.0. The van der Waals surface area contributed by atoms with Crippen LogP contribution in [0.2, 0.25) is 0 Å². The lowest BCUT2D eigenvalue weighted by Crippen LogP contribution is -2.29. The smallest absolute Gasteiger partial charge is 0.335 e. The summed E-state index contributed by atoms with van der Waals surface area (Å²) >= 11 is 0. The zero-order valence-corrected chi connectivity index (χ0v) is 12.0. The molecule has 0 spiro atoms. The van der Waals surface area contributed by atoms with E-state index in [9.17, 15) is 9.59 Å². The van der Waals surface area contributed by atoms with Gasteiger partial charge in [-0.05, 0) is 24.5 Å². The molecule has 0 saturated carbocycles. The monoisotopic (exact) mass is 279 g/mol. The summed E-state index contributed by atoms with van der Waals surface area (Å²) in [5, 5.41) is 9.09. The van der Waals surface area contributed by atoms with Crippen LogP contribution in [0.15, 0.2) is 24.3 Å². The van der Waals surface area contributed by atoms with Gasteiger partial charge in [-0.25, -0.2) is 4.79 Å². The minimum atomic E-state index is -0.935. The SMILES string of the molecule is COCCCC(=O)N(C)CCc1ccccc1C(=O)O. The molecule has 0 aliphatic carbocycles. The summed E-state index contributed by atoms with van der Waals surface area (Å²) < 4.78 is 4.91. The van der Waals surface area contributed by atoms with E-state index in [1.54, 1.807) is 37.3 Å². The van der Waals surface area contributed by atoms with Crippen molar-refractivity contribution in [2.75, 3.05) is 27.3 Å². The molecule has 110 valence electrons. The van der Waals surface area contributed by atoms with E-state index in [1.165, 1.54) is 0 Å². The number of carbonyl (C=O) groups excluding carboxylic acids is 1. The van der Waals surface area contributed by atoms with Gasteiger partial charge in [-0.1, -0.05) is 18.2 Å². The normalized spacial score (nSPS) is 10.3. The number of aromatic carboxylic acids is 1. The van der Waals surface area contributed by atoms with E-state index in [2.05, 4.69) is 0 Å². The van der Waals surface area contributed by atoms with Crippen LogP contribution in [-0.4, -0.2) is 49.2 Å². The molecule has 0 heterocycles. The van der Waals surface area contributed by atoms with E-state index in [0.717, 1.165) is 5.56 Å². The second kappa shape index (κ2) is 8.32. The number of likely N-dealkylation sites (N-methyl/N-ethyl adjacent to an activating group) is 1. The van der Waals surface area contributed by atoms with Gasteiger partial charge in [0.2, 0.25) is 5.91 Å². The predicted octanol–water partition coefficient (Wildman–Crippen LogP) is 1.81. The summed E-state index contributed by atoms with van der Waals surface area (Å²) in [6, 6.07) is 6.87. The summed E-state index contributed by atoms with van der Waals surface area (Å²) in [5.41, 5.74) is 1.05. The molecular formula is C15H21NO4. The van der Waals surface area contributed by atoms with Crippen molar-refractivity contribution in [2.24, 2.45) is 0 Å². The standard InChI is InChI=1S/C15H21NO4/c1-16(14(17)8-5-11-20-2)10-9-12-6-3-4-7-13(12)15(18)19/h3-4,6-7H,5,8-11H2,1-2H3,(H,18,19). The van der Waals surface area contributed by atoms with Gasteiger partial charge in [0, 0.05) is 33.7 Å². The van der Waals surface area contributed by atoms with Crippen LogP contribution < -0.4 is 0 Å². The maximum atomic E-state index is 11.8. The number of ether oxygens (including phenoxy) is 1. The Labute approximate surface area is 119 Å². The first-order chi connectivity index (χ1) is 9.56. The van der Waals surface area contributed by atoms with Gasteiger partial charge in [0.05, 0.1) is 5.56 Å². The highest BCUT2D eigenvalue weighted by Gasteiger charge is 2.12. The van der Waals surface area contributed by atoms with Crippen molar-refractivity contribution in [3.8, 4) is 0 Å². The predicted molar refractivity (Wildman–Crippen MR) is 75.9 cm³/mol. The maximum absolute atomic E-state index is 11.8. The average Bonchev–Trinajstić information content (AvgIpc) is 2.45. The highest BCUT2D eigenvalue weighted by molar-refractivity contribution is 5.89. The van der Waals surface area contributed by atoms with E-state index >= 15 is 0 Å². The number of amides is 1. The molecule has 0 aliphatic rings. The minimum absolute atomic E-state index is 0.0508. The molecule has 0 unspecified atom stereocenters. The number of rotatable bonds is 8. The van der Waals surface area contributed by atoms with Crippen LogP contribution in [0.4, 0.5) is 0 Å². The Hall–Kier alpha value is -1.88. The molecule has 0 aliphatic heterocycles. The molecule has 1 N–H and O–H groups in total. The second-order valence-electron chi connectivity index (χ2n) is 4.62. The first kappa shape index (κ1) is 16.2. The van der Waals surface area contributed by atoms with Crippen molar-refractivity contribution >= 4 is 11.9 Å². The number of carboxylic acid groups (broad SMARTS) is 1. The first-order valence-corrected chi connectivity index (χ1v) is 6.60. The molecule has 0 aromatic heterocycles. The Kier molecular flexibility index (Phi) is 6.73. The van der Waals surface area contributed by atoms with Gasteiger partial charge in [-0.15, -0.1) is 0 Å². The number of hydrogen-bond donors (Lipinski definition) is 1. The van der Waals surface area contributed by atoms with Crippen molar-refractivity contribution in [1.82, 2.24) is 4.90 Å². The zero-order chi connectivity index (χ0) is 15.0. The molecular weight excluding hydrogens is 258 g/mol. The molecule has 0 radical (unpaired) electrons. The van der Waals surface area contributed by atoms with Gasteiger partial charge in [0.15, 0.2) is 0 Å². The Morgan fingerprint density at radius 3 is 2.65 bits per heavy atom. The highest BCUT2D eigenvalue weighted by Crippen LogP contribution is 2.10. The van der Waals surface area contributed by atoms with Crippen LogP contribution in [0, 0.1) is 0 Å². The van der Waals surface area contributed by atoms with E-state index in [0.29, 0.717) is 38.0 Å². The molecule has 5 nitrogen and oxygen atoms in total. The van der Waals surface area contributed by atoms with Crippen molar-refractivity contribution in [1.29, 1.82) is 0 Å². The Balaban J connectivity index is 2.50. The van der Waals surface area contributed by atoms with Crippen LogP contribution in [0.3, 0.4) is 0 Å². The van der Waals surface area contributed by atoms with Crippen LogP contribution in [-0.2, 0) is 16.0 Å². The van der Waals surface area contributed by atoms with Gasteiger partial charge in [-0.3, -0.25) is 4.79 Å². The summed E-state index contributed by atoms with van der Waals surface area (Å²) in [6.07, 6.45) is 1.69. The molecule has 1 rings (SSSR count). The lowest BCUT2D eigenvalue weighted by molar-refractivity contribution is -0.130. The lowest BCUT2D eigenvalue weighted by Gasteiger charge is -2.17. The number of carbonyl (C=O) groups is 2. The Morgan fingerprint density at radius 1 is 1.30 bits per heavy atom. The number of hydrogen-bond acceptors (Lipinski definition) is 3. The third-order valence-electron chi connectivity index (χ3n) is 3.13. The maximum Gasteiger partial charge on any atom is 0.335 e. The third-order valence-corrected chi connectivity index (χ3v) is 3.13. The Bertz CT molecular complexity index is 459. The first-order valence-electron chi connectivity index (χ1n) is 6.60. The van der Waals surface area contributed by atoms with Crippen molar-refractivity contribution in [3.63, 3.8) is 0 Å². The fraction of sp³-hybridized carbons (Fsp3) is 0.467. The summed E-state index contributed by atoms with van der Waals surface area (Å²) in [5.74, 6) is -0.885. The quantitative estimate of drug-likeness (QED) is 0.737. The van der Waals surface area contributed by atoms with Gasteiger partial charge >= 0.3 is 5.97 Å². The van der Waals surface area contributed by atoms with Crippen molar-refractivity contribution in [3.05, 3.63) is 35.4 Å². The van der Waals surface area contributed by atoms with E-state index in [-0.39, 0.29) is 5.91 Å². The van der Waals surface area contributed by atoms with E-state index in [4.69, 9.17) is 9.84 Å². The van der Waals surface area contributed by atoms with Gasteiger partial charge in [-0.2, -0.15) is 0 Å². The number of methoxy groups -OCH3 is 1. The van der Waals surface area contributed by atoms with Crippen LogP contribution in [0.25, 0.3) is 0 Å². The second-order valence-corrected chi connectivity index (χ2v) is 4.62. The number of benzene rings is 1. The fourth-order valence-corrected chi connectivity index (χ4v) is 1.92. The molecule has 1 aromatic rings. The van der Waals surface area contributed by atoms with Crippen molar-refractivity contribution in [2.45, 2.75) is 19.3 Å². The third kappa shape index (κ3) is 5.01. The van der Waals surface area contributed by atoms with Gasteiger partial charge in [0.25, 0.3) is 0 Å². The summed E-state index contributed by atoms with van der Waals surface area (Å²) in [4.78, 5) is 24.5. The van der Waals surface area contributed by atoms with Gasteiger partial charge in [0.1, 0.15) is 0 Å². The van der Waals surface area contributed by atoms with Crippen molar-refractivity contribution < 1.29 is 19.4 Å². The molecule has 0 fully saturated rings. The largest absolute Gasteiger partial charge is 0.478 e. The minimum Gasteiger partial charge on any atom is -0.478 e. The number of carboxylic acids is 1. The van der Waals surface area contributed by atoms with E-state index in [1.807, 2.05) is 6.07 Å². The van der Waals surface area contributed by atoms with Gasteiger partial charge < -0.3 is 14.7 Å². The fourth-order valence-electron chi connectivity index (χ4n) is 1.92. The Morgan fingerprint density at radius 2 is 2.00 bits per heavy atom. The highest BCUT2D eigenvalue weighted by atomic mass is 16.5.